The van der Waals surface area contributed by atoms with Gasteiger partial charge in [-0.25, -0.2) is 14.6 Å². The quantitative estimate of drug-likeness (QED) is 0.920. The molecule has 1 aliphatic heterocycles. The predicted molar refractivity (Wildman–Crippen MR) is 71.7 cm³/mol. The lowest BCUT2D eigenvalue weighted by atomic mass is 9.95. The topological polar surface area (TPSA) is 55.6 Å². The summed E-state index contributed by atoms with van der Waals surface area (Å²) in [6.45, 7) is 2.13. The van der Waals surface area contributed by atoms with Gasteiger partial charge in [0.05, 0.1) is 10.2 Å². The van der Waals surface area contributed by atoms with Crippen LogP contribution < -0.4 is 5.32 Å². The highest BCUT2D eigenvalue weighted by Crippen LogP contribution is 2.25. The highest BCUT2D eigenvalue weighted by Gasteiger charge is 2.20. The summed E-state index contributed by atoms with van der Waals surface area (Å²) in [6.07, 6.45) is 7.60. The zero-order chi connectivity index (χ0) is 12.4. The summed E-state index contributed by atoms with van der Waals surface area (Å²) in [5, 5.41) is 7.72. The summed E-state index contributed by atoms with van der Waals surface area (Å²) in [7, 11) is 0. The van der Waals surface area contributed by atoms with Gasteiger partial charge in [-0.2, -0.15) is 5.10 Å². The molecule has 0 amide bonds. The third-order valence-corrected chi connectivity index (χ3v) is 3.64. The maximum atomic E-state index is 4.35. The van der Waals surface area contributed by atoms with Gasteiger partial charge in [-0.05, 0) is 47.9 Å². The van der Waals surface area contributed by atoms with Crippen LogP contribution in [0, 0.1) is 0 Å². The van der Waals surface area contributed by atoms with E-state index in [1.165, 1.54) is 5.69 Å². The maximum Gasteiger partial charge on any atom is 0.250 e. The van der Waals surface area contributed by atoms with Crippen molar-refractivity contribution in [2.75, 3.05) is 13.1 Å². The predicted octanol–water partition coefficient (Wildman–Crippen LogP) is 1.89. The number of hydrogen-bond donors (Lipinski definition) is 1. The van der Waals surface area contributed by atoms with Crippen LogP contribution in [0.3, 0.4) is 0 Å². The van der Waals surface area contributed by atoms with E-state index < -0.39 is 0 Å². The van der Waals surface area contributed by atoms with Gasteiger partial charge in [0.2, 0.25) is 0 Å². The first-order valence-electron chi connectivity index (χ1n) is 6.07. The molecule has 18 heavy (non-hydrogen) atoms. The lowest BCUT2D eigenvalue weighted by Gasteiger charge is -2.22. The van der Waals surface area contributed by atoms with E-state index in [9.17, 15) is 0 Å². The molecule has 1 N–H and O–H groups in total. The lowest BCUT2D eigenvalue weighted by Crippen LogP contribution is -2.27. The van der Waals surface area contributed by atoms with Crippen LogP contribution in [0.1, 0.15) is 24.5 Å². The number of hydrogen-bond acceptors (Lipinski definition) is 4. The van der Waals surface area contributed by atoms with Crippen LogP contribution in [-0.4, -0.2) is 32.8 Å². The molecule has 3 rings (SSSR count). The molecule has 5 nitrogen and oxygen atoms in total. The van der Waals surface area contributed by atoms with E-state index in [4.69, 9.17) is 0 Å². The average Bonchev–Trinajstić information content (AvgIpc) is 2.90. The number of rotatable bonds is 2. The monoisotopic (exact) mass is 307 g/mol. The van der Waals surface area contributed by atoms with Gasteiger partial charge in [0.1, 0.15) is 0 Å². The standard InChI is InChI=1S/C12H14BrN5/c13-10-7-15-12(16-8-10)18-11(3-6-17-18)9-1-4-14-5-2-9/h3,6-9,14H,1-2,4-5H2. The molecule has 94 valence electrons. The molecule has 2 aromatic heterocycles. The van der Waals surface area contributed by atoms with Crippen molar-refractivity contribution in [2.45, 2.75) is 18.8 Å². The summed E-state index contributed by atoms with van der Waals surface area (Å²) in [4.78, 5) is 8.61. The van der Waals surface area contributed by atoms with Crippen molar-refractivity contribution in [3.63, 3.8) is 0 Å². The van der Waals surface area contributed by atoms with E-state index >= 15 is 0 Å². The Bertz CT molecular complexity index is 516. The molecule has 6 heteroatoms. The van der Waals surface area contributed by atoms with Crippen LogP contribution in [0.4, 0.5) is 0 Å². The average molecular weight is 308 g/mol. The molecule has 0 aliphatic carbocycles. The minimum atomic E-state index is 0.543. The van der Waals surface area contributed by atoms with E-state index in [0.717, 1.165) is 30.4 Å². The third-order valence-electron chi connectivity index (χ3n) is 3.23. The molecule has 0 bridgehead atoms. The van der Waals surface area contributed by atoms with E-state index in [1.807, 2.05) is 10.9 Å². The van der Waals surface area contributed by atoms with Crippen LogP contribution in [0.15, 0.2) is 29.1 Å². The Hall–Kier alpha value is -1.27. The van der Waals surface area contributed by atoms with Gasteiger partial charge in [0.25, 0.3) is 5.95 Å². The molecule has 1 aliphatic rings. The van der Waals surface area contributed by atoms with Gasteiger partial charge in [-0.15, -0.1) is 0 Å². The molecule has 1 saturated heterocycles. The zero-order valence-electron chi connectivity index (χ0n) is 9.88. The lowest BCUT2D eigenvalue weighted by molar-refractivity contribution is 0.444. The zero-order valence-corrected chi connectivity index (χ0v) is 11.5. The van der Waals surface area contributed by atoms with Gasteiger partial charge >= 0.3 is 0 Å². The van der Waals surface area contributed by atoms with Crippen LogP contribution in [0.25, 0.3) is 5.95 Å². The van der Waals surface area contributed by atoms with Crippen molar-refractivity contribution < 1.29 is 0 Å². The molecule has 0 spiro atoms. The highest BCUT2D eigenvalue weighted by molar-refractivity contribution is 9.10. The van der Waals surface area contributed by atoms with Crippen LogP contribution in [-0.2, 0) is 0 Å². The summed E-state index contributed by atoms with van der Waals surface area (Å²) in [6, 6.07) is 2.07. The molecule has 0 unspecified atom stereocenters. The Morgan fingerprint density at radius 3 is 2.67 bits per heavy atom. The minimum Gasteiger partial charge on any atom is -0.317 e. The molecule has 0 radical (unpaired) electrons. The van der Waals surface area contributed by atoms with Crippen molar-refractivity contribution in [3.05, 3.63) is 34.8 Å². The van der Waals surface area contributed by atoms with Crippen molar-refractivity contribution in [2.24, 2.45) is 0 Å². The summed E-state index contributed by atoms with van der Waals surface area (Å²) >= 11 is 3.34. The van der Waals surface area contributed by atoms with Crippen molar-refractivity contribution in [3.8, 4) is 5.95 Å². The molecule has 0 saturated carbocycles. The Morgan fingerprint density at radius 2 is 1.94 bits per heavy atom. The fraction of sp³-hybridized carbons (Fsp3) is 0.417. The number of nitrogens with one attached hydrogen (secondary N) is 1. The number of piperidine rings is 1. The van der Waals surface area contributed by atoms with Gasteiger partial charge in [-0.1, -0.05) is 0 Å². The first-order valence-corrected chi connectivity index (χ1v) is 6.86. The van der Waals surface area contributed by atoms with Gasteiger partial charge in [-0.3, -0.25) is 0 Å². The molecule has 3 heterocycles. The Labute approximate surface area is 114 Å². The first kappa shape index (κ1) is 11.8. The van der Waals surface area contributed by atoms with E-state index in [-0.39, 0.29) is 0 Å². The van der Waals surface area contributed by atoms with E-state index in [0.29, 0.717) is 11.9 Å². The molecule has 0 atom stereocenters. The summed E-state index contributed by atoms with van der Waals surface area (Å²) in [5.74, 6) is 1.18. The van der Waals surface area contributed by atoms with Gasteiger partial charge < -0.3 is 5.32 Å². The van der Waals surface area contributed by atoms with Crippen LogP contribution in [0.5, 0.6) is 0 Å². The Balaban J connectivity index is 1.93. The maximum absolute atomic E-state index is 4.35. The third kappa shape index (κ3) is 2.30. The normalized spacial score (nSPS) is 16.9. The fourth-order valence-corrected chi connectivity index (χ4v) is 2.53. The smallest absolute Gasteiger partial charge is 0.250 e. The molecule has 0 aromatic carbocycles. The molecule has 2 aromatic rings. The van der Waals surface area contributed by atoms with Crippen molar-refractivity contribution in [1.82, 2.24) is 25.1 Å². The van der Waals surface area contributed by atoms with Gasteiger partial charge in [0, 0.05) is 24.5 Å². The van der Waals surface area contributed by atoms with Gasteiger partial charge in [0.15, 0.2) is 0 Å². The number of halogens is 1. The Kier molecular flexibility index (Phi) is 3.38. The van der Waals surface area contributed by atoms with E-state index in [1.54, 1.807) is 12.4 Å². The summed E-state index contributed by atoms with van der Waals surface area (Å²) < 4.78 is 2.73. The molecular weight excluding hydrogens is 294 g/mol. The fourth-order valence-electron chi connectivity index (χ4n) is 2.32. The first-order chi connectivity index (χ1) is 8.84. The van der Waals surface area contributed by atoms with Crippen molar-refractivity contribution >= 4 is 15.9 Å². The largest absolute Gasteiger partial charge is 0.317 e. The second-order valence-electron chi connectivity index (χ2n) is 4.39. The Morgan fingerprint density at radius 1 is 1.22 bits per heavy atom. The molecular formula is C12H14BrN5. The van der Waals surface area contributed by atoms with Crippen LogP contribution >= 0.6 is 15.9 Å². The SMILES string of the molecule is Brc1cnc(-n2nccc2C2CCNCC2)nc1. The second-order valence-corrected chi connectivity index (χ2v) is 5.31. The summed E-state index contributed by atoms with van der Waals surface area (Å²) in [5.41, 5.74) is 1.21. The van der Waals surface area contributed by atoms with E-state index in [2.05, 4.69) is 42.4 Å². The minimum absolute atomic E-state index is 0.543. The highest BCUT2D eigenvalue weighted by atomic mass is 79.9. The van der Waals surface area contributed by atoms with Crippen LogP contribution in [0.2, 0.25) is 0 Å². The second kappa shape index (κ2) is 5.16. The van der Waals surface area contributed by atoms with Crippen molar-refractivity contribution in [1.29, 1.82) is 0 Å². The number of nitrogens with zero attached hydrogens (tertiary/aromatic N) is 4. The molecule has 1 fully saturated rings. The number of aromatic nitrogens is 4.